The van der Waals surface area contributed by atoms with Gasteiger partial charge in [0.15, 0.2) is 17.3 Å². The highest BCUT2D eigenvalue weighted by Crippen LogP contribution is 2.43. The molecule has 3 fully saturated rings. The summed E-state index contributed by atoms with van der Waals surface area (Å²) < 4.78 is 3.83. The van der Waals surface area contributed by atoms with E-state index in [-0.39, 0.29) is 5.91 Å². The first-order chi connectivity index (χ1) is 20.6. The number of aromatic nitrogens is 6. The number of nitrogens with one attached hydrogen (secondary N) is 1. The maximum Gasteiger partial charge on any atom is 0.245 e. The van der Waals surface area contributed by atoms with Crippen molar-refractivity contribution in [3.05, 3.63) is 90.9 Å². The number of imidazole rings is 1. The number of fused-ring (bicyclic) bond motifs is 4. The van der Waals surface area contributed by atoms with Gasteiger partial charge in [-0.1, -0.05) is 12.6 Å². The lowest BCUT2D eigenvalue weighted by molar-refractivity contribution is -0.134. The molecule has 4 aliphatic rings. The third kappa shape index (κ3) is 3.93. The molecule has 0 radical (unpaired) electrons. The lowest BCUT2D eigenvalue weighted by atomic mass is 9.66. The maximum absolute atomic E-state index is 12.1. The van der Waals surface area contributed by atoms with Crippen LogP contribution in [0, 0.1) is 11.8 Å². The van der Waals surface area contributed by atoms with E-state index in [4.69, 9.17) is 15.7 Å². The molecule has 10 heteroatoms. The fourth-order valence-electron chi connectivity index (χ4n) is 7.13. The summed E-state index contributed by atoms with van der Waals surface area (Å²) in [7, 11) is 0. The van der Waals surface area contributed by atoms with Crippen LogP contribution in [-0.4, -0.2) is 59.2 Å². The van der Waals surface area contributed by atoms with Gasteiger partial charge in [0, 0.05) is 49.5 Å². The van der Waals surface area contributed by atoms with Crippen LogP contribution in [0.15, 0.2) is 79.8 Å². The third-order valence-electron chi connectivity index (χ3n) is 9.18. The minimum Gasteiger partial charge on any atom is -0.383 e. The number of hydrogen-bond donors (Lipinski definition) is 2. The zero-order chi connectivity index (χ0) is 28.4. The summed E-state index contributed by atoms with van der Waals surface area (Å²) in [6.45, 7) is 5.30. The van der Waals surface area contributed by atoms with Crippen LogP contribution in [0.25, 0.3) is 34.1 Å². The smallest absolute Gasteiger partial charge is 0.245 e. The van der Waals surface area contributed by atoms with Crippen LogP contribution >= 0.6 is 0 Å². The Balaban J connectivity index is 1.15. The number of carbonyl (C=O) groups is 1. The molecule has 2 aliphatic carbocycles. The summed E-state index contributed by atoms with van der Waals surface area (Å²) in [5.74, 6) is 2.91. The Morgan fingerprint density at radius 1 is 1.07 bits per heavy atom. The fourth-order valence-corrected chi connectivity index (χ4v) is 7.13. The molecule has 2 bridgehead atoms. The van der Waals surface area contributed by atoms with E-state index < -0.39 is 0 Å². The topological polar surface area (TPSA) is 120 Å². The van der Waals surface area contributed by atoms with E-state index >= 15 is 0 Å². The molecule has 4 aromatic heterocycles. The van der Waals surface area contributed by atoms with Gasteiger partial charge < -0.3 is 16.0 Å². The van der Waals surface area contributed by atoms with E-state index in [0.29, 0.717) is 41.4 Å². The highest BCUT2D eigenvalue weighted by atomic mass is 16.2. The summed E-state index contributed by atoms with van der Waals surface area (Å²) >= 11 is 0. The number of piperidine rings is 2. The second-order valence-corrected chi connectivity index (χ2v) is 11.5. The van der Waals surface area contributed by atoms with Crippen molar-refractivity contribution in [3.8, 4) is 22.9 Å². The summed E-state index contributed by atoms with van der Waals surface area (Å²) in [5, 5.41) is 8.34. The molecule has 1 saturated carbocycles. The van der Waals surface area contributed by atoms with Crippen molar-refractivity contribution in [1.82, 2.24) is 39.5 Å². The van der Waals surface area contributed by atoms with Gasteiger partial charge in [-0.3, -0.25) is 9.36 Å². The molecule has 4 atom stereocenters. The van der Waals surface area contributed by atoms with Crippen molar-refractivity contribution >= 4 is 22.9 Å². The monoisotopic (exact) mass is 557 g/mol. The van der Waals surface area contributed by atoms with Crippen molar-refractivity contribution in [2.24, 2.45) is 11.8 Å². The van der Waals surface area contributed by atoms with Crippen LogP contribution in [0.4, 0.5) is 5.82 Å². The van der Waals surface area contributed by atoms with Gasteiger partial charge in [0.05, 0.1) is 5.56 Å². The van der Waals surface area contributed by atoms with Crippen molar-refractivity contribution < 1.29 is 4.79 Å². The van der Waals surface area contributed by atoms with Crippen molar-refractivity contribution in [1.29, 1.82) is 0 Å². The van der Waals surface area contributed by atoms with Crippen LogP contribution in [0.2, 0.25) is 0 Å². The fraction of sp³-hybridized carbons (Fsp3) is 0.281. The number of aryl methyl sites for hydroxylation is 1. The molecular weight excluding hydrogens is 526 g/mol. The Morgan fingerprint density at radius 3 is 2.74 bits per heavy atom. The maximum atomic E-state index is 12.1. The zero-order valence-electron chi connectivity index (χ0n) is 23.1. The Hall–Kier alpha value is -4.83. The molecule has 0 spiro atoms. The normalized spacial score (nSPS) is 22.6. The molecule has 1 unspecified atom stereocenters. The van der Waals surface area contributed by atoms with Crippen LogP contribution in [-0.2, 0) is 11.2 Å². The Bertz CT molecular complexity index is 1830. The number of carbonyl (C=O) groups excluding carboxylic acids is 1. The Labute approximate surface area is 242 Å². The summed E-state index contributed by atoms with van der Waals surface area (Å²) in [4.78, 5) is 28.4. The predicted octanol–water partition coefficient (Wildman–Crippen LogP) is 3.86. The number of benzene rings is 1. The van der Waals surface area contributed by atoms with E-state index in [2.05, 4.69) is 44.7 Å². The number of nitrogens with zero attached hydrogens (tertiary/aromatic N) is 7. The molecule has 3 N–H and O–H groups in total. The Morgan fingerprint density at radius 2 is 1.95 bits per heavy atom. The first-order valence-electron chi connectivity index (χ1n) is 14.5. The van der Waals surface area contributed by atoms with Crippen molar-refractivity contribution in [2.45, 2.75) is 31.3 Å². The predicted molar refractivity (Wildman–Crippen MR) is 160 cm³/mol. The summed E-state index contributed by atoms with van der Waals surface area (Å²) in [5.41, 5.74) is 12.3. The van der Waals surface area contributed by atoms with Crippen LogP contribution in [0.1, 0.15) is 30.0 Å². The van der Waals surface area contributed by atoms with Crippen molar-refractivity contribution in [2.75, 3.05) is 18.8 Å². The summed E-state index contributed by atoms with van der Waals surface area (Å²) in [6.07, 6.45) is 9.98. The first-order valence-corrected chi connectivity index (χ1v) is 14.5. The van der Waals surface area contributed by atoms with Gasteiger partial charge in [0.2, 0.25) is 5.91 Å². The second-order valence-electron chi connectivity index (χ2n) is 11.5. The van der Waals surface area contributed by atoms with Gasteiger partial charge in [-0.2, -0.15) is 5.10 Å². The molecule has 1 aromatic carbocycles. The highest BCUT2D eigenvalue weighted by Gasteiger charge is 2.48. The average molecular weight is 558 g/mol. The zero-order valence-corrected chi connectivity index (χ0v) is 23.1. The van der Waals surface area contributed by atoms with Crippen LogP contribution < -0.4 is 11.1 Å². The molecule has 1 amide bonds. The quantitative estimate of drug-likeness (QED) is 0.304. The Kier molecular flexibility index (Phi) is 5.71. The molecule has 10 nitrogen and oxygen atoms in total. The van der Waals surface area contributed by atoms with E-state index in [0.717, 1.165) is 48.3 Å². The molecule has 9 rings (SSSR count). The number of nitrogen functional groups attached to an aromatic ring is 1. The largest absolute Gasteiger partial charge is 0.383 e. The van der Waals surface area contributed by atoms with E-state index in [1.807, 2.05) is 41.4 Å². The van der Waals surface area contributed by atoms with E-state index in [1.54, 1.807) is 17.1 Å². The lowest BCUT2D eigenvalue weighted by Crippen LogP contribution is -2.64. The number of anilines is 1. The van der Waals surface area contributed by atoms with Gasteiger partial charge >= 0.3 is 0 Å². The molecule has 42 heavy (non-hydrogen) atoms. The van der Waals surface area contributed by atoms with E-state index in [9.17, 15) is 4.79 Å². The van der Waals surface area contributed by atoms with Gasteiger partial charge in [-0.05, 0) is 90.8 Å². The van der Waals surface area contributed by atoms with Gasteiger partial charge in [0.1, 0.15) is 11.3 Å². The van der Waals surface area contributed by atoms with Crippen molar-refractivity contribution in [3.63, 3.8) is 0 Å². The molecular formula is C32H31N9O. The molecule has 5 aromatic rings. The average Bonchev–Trinajstić information content (AvgIpc) is 3.78. The number of nitrogens with two attached hydrogens (primary N) is 1. The number of rotatable bonds is 6. The van der Waals surface area contributed by atoms with Gasteiger partial charge in [0.25, 0.3) is 0 Å². The van der Waals surface area contributed by atoms with Gasteiger partial charge in [-0.15, -0.1) is 0 Å². The van der Waals surface area contributed by atoms with Gasteiger partial charge in [-0.25, -0.2) is 19.6 Å². The number of amides is 1. The van der Waals surface area contributed by atoms with E-state index in [1.165, 1.54) is 23.6 Å². The second kappa shape index (κ2) is 9.63. The molecule has 6 heterocycles. The highest BCUT2D eigenvalue weighted by molar-refractivity contribution is 5.87. The van der Waals surface area contributed by atoms with Crippen LogP contribution in [0.5, 0.6) is 0 Å². The number of pyridine rings is 2. The van der Waals surface area contributed by atoms with Crippen LogP contribution in [0.3, 0.4) is 0 Å². The molecule has 210 valence electrons. The molecule has 2 saturated heterocycles. The minimum absolute atomic E-state index is 0.0487. The summed E-state index contributed by atoms with van der Waals surface area (Å²) in [6, 6.07) is 17.0. The molecule has 2 aliphatic heterocycles. The minimum atomic E-state index is 0.0487. The lowest BCUT2D eigenvalue weighted by Gasteiger charge is -2.54. The third-order valence-corrected chi connectivity index (χ3v) is 9.18. The number of hydrogen-bond acceptors (Lipinski definition) is 7. The first kappa shape index (κ1) is 24.9. The SMILES string of the molecule is C=CC(=O)N1C[C@H]2C[C@@H](C1)C2N[C@H]1CCc2cc(-n3c(-c4cccnc4N)nc4ccc(-n5cccn5)nc43)ccc21. The standard InChI is InChI=1S/C32H31N9O/c1-2-28(42)39-17-20-15-21(18-39)29(20)36-25-9-6-19-16-22(7-8-23(19)25)41-31(24-5-3-12-34-30(24)33)37-26-10-11-27(38-32(26)41)40-14-4-13-35-40/h2-5,7-8,10-14,16,20-21,25,29,36H,1,6,9,15,17-18H2,(H2,33,34)/t20-,21+,25-,29?/m0/s1.